The topological polar surface area (TPSA) is 56.8 Å². The molecule has 0 spiro atoms. The van der Waals surface area contributed by atoms with Crippen molar-refractivity contribution in [3.8, 4) is 17.2 Å². The number of para-hydroxylation sites is 3. The summed E-state index contributed by atoms with van der Waals surface area (Å²) in [6.45, 7) is 6.64. The minimum absolute atomic E-state index is 0.202. The summed E-state index contributed by atoms with van der Waals surface area (Å²) in [4.78, 5) is 12.4. The summed E-state index contributed by atoms with van der Waals surface area (Å²) in [7, 11) is 0. The van der Waals surface area contributed by atoms with Crippen molar-refractivity contribution in [2.75, 3.05) is 13.2 Å². The molecular formula is C20H23NO4. The van der Waals surface area contributed by atoms with Gasteiger partial charge in [-0.15, -0.1) is 0 Å². The van der Waals surface area contributed by atoms with E-state index in [0.717, 1.165) is 16.9 Å². The van der Waals surface area contributed by atoms with Crippen LogP contribution in [0.15, 0.2) is 42.5 Å². The molecule has 1 amide bonds. The molecule has 1 aliphatic rings. The number of carbonyl (C=O) groups excluding carboxylic acids is 1. The lowest BCUT2D eigenvalue weighted by atomic mass is 10.1. The van der Waals surface area contributed by atoms with Crippen LogP contribution in [-0.2, 0) is 4.79 Å². The maximum atomic E-state index is 12.4. The zero-order valence-electron chi connectivity index (χ0n) is 14.7. The highest BCUT2D eigenvalue weighted by atomic mass is 16.6. The summed E-state index contributed by atoms with van der Waals surface area (Å²) in [5.74, 6) is 1.92. The Bertz CT molecular complexity index is 739. The molecule has 0 unspecified atom stereocenters. The smallest absolute Gasteiger partial charge is 0.265 e. The largest absolute Gasteiger partial charge is 0.491 e. The normalized spacial score (nSPS) is 18.5. The summed E-state index contributed by atoms with van der Waals surface area (Å²) in [5, 5.41) is 2.85. The van der Waals surface area contributed by atoms with E-state index in [0.29, 0.717) is 24.7 Å². The van der Waals surface area contributed by atoms with Crippen molar-refractivity contribution in [2.45, 2.75) is 33.0 Å². The first-order valence-electron chi connectivity index (χ1n) is 8.45. The lowest BCUT2D eigenvalue weighted by molar-refractivity contribution is -0.133. The van der Waals surface area contributed by atoms with Crippen LogP contribution in [0.25, 0.3) is 0 Å². The highest BCUT2D eigenvalue weighted by molar-refractivity contribution is 5.82. The fraction of sp³-hybridized carbons (Fsp3) is 0.350. The van der Waals surface area contributed by atoms with Crippen LogP contribution >= 0.6 is 0 Å². The van der Waals surface area contributed by atoms with E-state index in [9.17, 15) is 4.79 Å². The van der Waals surface area contributed by atoms with Gasteiger partial charge in [0.15, 0.2) is 11.5 Å². The molecule has 2 aromatic rings. The van der Waals surface area contributed by atoms with Crippen LogP contribution in [0.5, 0.6) is 17.2 Å². The summed E-state index contributed by atoms with van der Waals surface area (Å²) in [6, 6.07) is 13.4. The van der Waals surface area contributed by atoms with E-state index in [1.807, 2.05) is 57.2 Å². The molecule has 0 fully saturated rings. The van der Waals surface area contributed by atoms with Crippen LogP contribution in [0.4, 0.5) is 0 Å². The molecule has 0 bridgehead atoms. The fourth-order valence-electron chi connectivity index (χ4n) is 2.86. The van der Waals surface area contributed by atoms with Crippen LogP contribution < -0.4 is 19.5 Å². The van der Waals surface area contributed by atoms with E-state index in [-0.39, 0.29) is 12.0 Å². The molecule has 2 atom stereocenters. The van der Waals surface area contributed by atoms with Crippen molar-refractivity contribution >= 4 is 5.91 Å². The zero-order chi connectivity index (χ0) is 17.8. The third kappa shape index (κ3) is 3.87. The second-order valence-corrected chi connectivity index (χ2v) is 6.17. The van der Waals surface area contributed by atoms with Gasteiger partial charge in [0, 0.05) is 0 Å². The number of aryl methyl sites for hydroxylation is 2. The molecule has 5 nitrogen and oxygen atoms in total. The Hall–Kier alpha value is -2.69. The van der Waals surface area contributed by atoms with Gasteiger partial charge in [-0.2, -0.15) is 0 Å². The Balaban J connectivity index is 1.51. The maximum Gasteiger partial charge on any atom is 0.265 e. The number of fused-ring (bicyclic) bond motifs is 1. The van der Waals surface area contributed by atoms with E-state index < -0.39 is 6.10 Å². The number of hydrogen-bond donors (Lipinski definition) is 1. The number of rotatable bonds is 5. The highest BCUT2D eigenvalue weighted by Crippen LogP contribution is 2.33. The number of benzene rings is 2. The zero-order valence-corrected chi connectivity index (χ0v) is 14.7. The van der Waals surface area contributed by atoms with Gasteiger partial charge in [0.25, 0.3) is 5.91 Å². The molecule has 2 aromatic carbocycles. The van der Waals surface area contributed by atoms with Gasteiger partial charge in [0.1, 0.15) is 18.5 Å². The Labute approximate surface area is 147 Å². The third-order valence-corrected chi connectivity index (χ3v) is 4.16. The predicted molar refractivity (Wildman–Crippen MR) is 95.4 cm³/mol. The standard InChI is InChI=1S/C20H23NO4/c1-13-7-6-8-14(2)18(13)23-12-11-21-20(22)19-15(3)24-16-9-4-5-10-17(16)25-19/h4-10,15,19H,11-12H2,1-3H3,(H,21,22)/t15-,19+/m1/s1. The Morgan fingerprint density at radius 2 is 1.68 bits per heavy atom. The van der Waals surface area contributed by atoms with E-state index >= 15 is 0 Å². The van der Waals surface area contributed by atoms with Crippen LogP contribution in [-0.4, -0.2) is 31.3 Å². The van der Waals surface area contributed by atoms with Crippen molar-refractivity contribution in [3.05, 3.63) is 53.6 Å². The molecule has 0 saturated carbocycles. The number of ether oxygens (including phenoxy) is 3. The molecule has 5 heteroatoms. The molecular weight excluding hydrogens is 318 g/mol. The van der Waals surface area contributed by atoms with Crippen molar-refractivity contribution in [1.29, 1.82) is 0 Å². The molecule has 1 aliphatic heterocycles. The average molecular weight is 341 g/mol. The van der Waals surface area contributed by atoms with Gasteiger partial charge in [0.05, 0.1) is 6.54 Å². The Kier molecular flexibility index (Phi) is 5.12. The van der Waals surface area contributed by atoms with Gasteiger partial charge in [0.2, 0.25) is 6.10 Å². The summed E-state index contributed by atoms with van der Waals surface area (Å²) >= 11 is 0. The number of amides is 1. The van der Waals surface area contributed by atoms with Crippen LogP contribution in [0.3, 0.4) is 0 Å². The molecule has 3 rings (SSSR count). The highest BCUT2D eigenvalue weighted by Gasteiger charge is 2.33. The second kappa shape index (κ2) is 7.47. The van der Waals surface area contributed by atoms with E-state index in [1.165, 1.54) is 0 Å². The number of hydrogen-bond acceptors (Lipinski definition) is 4. The lowest BCUT2D eigenvalue weighted by Gasteiger charge is -2.31. The quantitative estimate of drug-likeness (QED) is 0.850. The molecule has 0 radical (unpaired) electrons. The van der Waals surface area contributed by atoms with E-state index in [1.54, 1.807) is 6.07 Å². The van der Waals surface area contributed by atoms with Crippen LogP contribution in [0, 0.1) is 13.8 Å². The lowest BCUT2D eigenvalue weighted by Crippen LogP contribution is -2.49. The third-order valence-electron chi connectivity index (χ3n) is 4.16. The van der Waals surface area contributed by atoms with Crippen molar-refractivity contribution < 1.29 is 19.0 Å². The van der Waals surface area contributed by atoms with E-state index in [4.69, 9.17) is 14.2 Å². The molecule has 0 aliphatic carbocycles. The molecule has 0 aromatic heterocycles. The summed E-state index contributed by atoms with van der Waals surface area (Å²) < 4.78 is 17.3. The van der Waals surface area contributed by atoms with E-state index in [2.05, 4.69) is 5.32 Å². The monoisotopic (exact) mass is 341 g/mol. The van der Waals surface area contributed by atoms with Gasteiger partial charge in [-0.05, 0) is 44.0 Å². The minimum Gasteiger partial charge on any atom is -0.491 e. The van der Waals surface area contributed by atoms with Gasteiger partial charge in [-0.1, -0.05) is 30.3 Å². The van der Waals surface area contributed by atoms with Crippen molar-refractivity contribution in [3.63, 3.8) is 0 Å². The second-order valence-electron chi connectivity index (χ2n) is 6.17. The molecule has 1 heterocycles. The predicted octanol–water partition coefficient (Wildman–Crippen LogP) is 3.03. The first-order chi connectivity index (χ1) is 12.1. The Morgan fingerprint density at radius 3 is 2.36 bits per heavy atom. The van der Waals surface area contributed by atoms with Gasteiger partial charge < -0.3 is 19.5 Å². The Morgan fingerprint density at radius 1 is 1.04 bits per heavy atom. The SMILES string of the molecule is Cc1cccc(C)c1OCCNC(=O)[C@H]1Oc2ccccc2O[C@@H]1C. The van der Waals surface area contributed by atoms with Crippen molar-refractivity contribution in [1.82, 2.24) is 5.32 Å². The molecule has 132 valence electrons. The maximum absolute atomic E-state index is 12.4. The fourth-order valence-corrected chi connectivity index (χ4v) is 2.86. The molecule has 25 heavy (non-hydrogen) atoms. The van der Waals surface area contributed by atoms with Crippen molar-refractivity contribution in [2.24, 2.45) is 0 Å². The summed E-state index contributed by atoms with van der Waals surface area (Å²) in [5.41, 5.74) is 2.17. The minimum atomic E-state index is -0.671. The number of carbonyl (C=O) groups is 1. The first kappa shape index (κ1) is 17.1. The summed E-state index contributed by atoms with van der Waals surface area (Å²) in [6.07, 6.45) is -1.02. The molecule has 0 saturated heterocycles. The molecule has 1 N–H and O–H groups in total. The van der Waals surface area contributed by atoms with Gasteiger partial charge >= 0.3 is 0 Å². The number of nitrogens with one attached hydrogen (secondary N) is 1. The van der Waals surface area contributed by atoms with Crippen LogP contribution in [0.2, 0.25) is 0 Å². The van der Waals surface area contributed by atoms with Gasteiger partial charge in [-0.25, -0.2) is 0 Å². The van der Waals surface area contributed by atoms with Gasteiger partial charge in [-0.3, -0.25) is 4.79 Å². The average Bonchev–Trinajstić information content (AvgIpc) is 2.60. The first-order valence-corrected chi connectivity index (χ1v) is 8.45. The van der Waals surface area contributed by atoms with Crippen LogP contribution in [0.1, 0.15) is 18.1 Å².